The van der Waals surface area contributed by atoms with Crippen LogP contribution < -0.4 is 5.32 Å². The number of carbonyl (C=O) groups excluding carboxylic acids is 1. The molecule has 1 heterocycles. The van der Waals surface area contributed by atoms with Gasteiger partial charge >= 0.3 is 5.97 Å². The molecule has 1 aliphatic rings. The van der Waals surface area contributed by atoms with Crippen molar-refractivity contribution in [1.29, 1.82) is 0 Å². The third-order valence-electron chi connectivity index (χ3n) is 3.12. The minimum absolute atomic E-state index is 0.00320. The number of halogens is 3. The third kappa shape index (κ3) is 3.52. The molecule has 5 nitrogen and oxygen atoms in total. The highest BCUT2D eigenvalue weighted by atomic mass is 19.2. The van der Waals surface area contributed by atoms with E-state index in [1.165, 1.54) is 0 Å². The molecule has 2 atom stereocenters. The van der Waals surface area contributed by atoms with Crippen LogP contribution in [0.5, 0.6) is 0 Å². The number of hydrogen-bond donors (Lipinski definition) is 2. The van der Waals surface area contributed by atoms with E-state index in [0.717, 1.165) is 0 Å². The van der Waals surface area contributed by atoms with Crippen LogP contribution in [0.25, 0.3) is 0 Å². The molecule has 1 fully saturated rings. The molecular formula is C13H12F3NO4. The van der Waals surface area contributed by atoms with Crippen LogP contribution in [0, 0.1) is 17.5 Å². The van der Waals surface area contributed by atoms with Crippen molar-refractivity contribution in [2.75, 3.05) is 6.54 Å². The van der Waals surface area contributed by atoms with Crippen molar-refractivity contribution in [3.63, 3.8) is 0 Å². The normalized spacial score (nSPS) is 21.3. The average molecular weight is 303 g/mol. The minimum atomic E-state index is -1.64. The lowest BCUT2D eigenvalue weighted by Gasteiger charge is -2.12. The van der Waals surface area contributed by atoms with E-state index < -0.39 is 41.5 Å². The number of ether oxygens (including phenoxy) is 1. The predicted octanol–water partition coefficient (Wildman–Crippen LogP) is 1.47. The first kappa shape index (κ1) is 15.3. The molecule has 21 heavy (non-hydrogen) atoms. The predicted molar refractivity (Wildman–Crippen MR) is 64.2 cm³/mol. The van der Waals surface area contributed by atoms with Gasteiger partial charge in [-0.25, -0.2) is 18.0 Å². The van der Waals surface area contributed by atoms with E-state index >= 15 is 0 Å². The maximum Gasteiger partial charge on any atom is 0.332 e. The number of carboxylic acid groups (broad SMARTS) is 1. The molecule has 0 bridgehead atoms. The van der Waals surface area contributed by atoms with Crippen LogP contribution in [0.3, 0.4) is 0 Å². The maximum absolute atomic E-state index is 13.0. The molecule has 2 unspecified atom stereocenters. The summed E-state index contributed by atoms with van der Waals surface area (Å²) in [7, 11) is 0. The second-order valence-electron chi connectivity index (χ2n) is 4.63. The van der Waals surface area contributed by atoms with Crippen LogP contribution in [-0.4, -0.2) is 35.7 Å². The summed E-state index contributed by atoms with van der Waals surface area (Å²) in [6.45, 7) is 0.00320. The molecule has 0 radical (unpaired) electrons. The number of nitrogens with one attached hydrogen (secondary N) is 1. The number of benzene rings is 1. The zero-order valence-electron chi connectivity index (χ0n) is 10.7. The maximum atomic E-state index is 13.0. The molecule has 0 aliphatic carbocycles. The molecule has 1 saturated heterocycles. The largest absolute Gasteiger partial charge is 0.479 e. The standard InChI is InChI=1S/C13H12F3NO4/c14-8-3-6(4-9(15)11(8)16)12(18)17-5-7-1-2-10(21-7)13(19)20/h3-4,7,10H,1-2,5H2,(H,17,18)(H,19,20). The highest BCUT2D eigenvalue weighted by molar-refractivity contribution is 5.94. The number of hydrogen-bond acceptors (Lipinski definition) is 3. The Morgan fingerprint density at radius 1 is 1.24 bits per heavy atom. The van der Waals surface area contributed by atoms with E-state index in [0.29, 0.717) is 25.0 Å². The first-order valence-electron chi connectivity index (χ1n) is 6.19. The van der Waals surface area contributed by atoms with Crippen molar-refractivity contribution in [3.8, 4) is 0 Å². The first-order valence-corrected chi connectivity index (χ1v) is 6.19. The SMILES string of the molecule is O=C(NCC1CCC(C(=O)O)O1)c1cc(F)c(F)c(F)c1. The van der Waals surface area contributed by atoms with Gasteiger partial charge in [-0.15, -0.1) is 0 Å². The summed E-state index contributed by atoms with van der Waals surface area (Å²) in [6.07, 6.45) is -0.614. The summed E-state index contributed by atoms with van der Waals surface area (Å²) in [5.74, 6) is -6.43. The Labute approximate surface area is 117 Å². The molecule has 1 aromatic carbocycles. The second-order valence-corrected chi connectivity index (χ2v) is 4.63. The number of amides is 1. The summed E-state index contributed by atoms with van der Waals surface area (Å²) in [5, 5.41) is 11.1. The second kappa shape index (κ2) is 6.13. The minimum Gasteiger partial charge on any atom is -0.479 e. The Kier molecular flexibility index (Phi) is 4.46. The number of carbonyl (C=O) groups is 2. The third-order valence-corrected chi connectivity index (χ3v) is 3.12. The van der Waals surface area contributed by atoms with Gasteiger partial charge in [0.1, 0.15) is 0 Å². The van der Waals surface area contributed by atoms with Gasteiger partial charge in [0.25, 0.3) is 5.91 Å². The molecule has 1 aromatic rings. The summed E-state index contributed by atoms with van der Waals surface area (Å²) >= 11 is 0. The van der Waals surface area contributed by atoms with Crippen LogP contribution in [0.2, 0.25) is 0 Å². The zero-order valence-corrected chi connectivity index (χ0v) is 10.7. The summed E-state index contributed by atoms with van der Waals surface area (Å²) in [4.78, 5) is 22.4. The number of rotatable bonds is 4. The van der Waals surface area contributed by atoms with Crippen molar-refractivity contribution in [2.45, 2.75) is 25.0 Å². The Balaban J connectivity index is 1.92. The van der Waals surface area contributed by atoms with E-state index in [1.54, 1.807) is 0 Å². The molecule has 0 saturated carbocycles. The summed E-state index contributed by atoms with van der Waals surface area (Å²) < 4.78 is 43.9. The Hall–Kier alpha value is -2.09. The Morgan fingerprint density at radius 3 is 2.38 bits per heavy atom. The van der Waals surface area contributed by atoms with Crippen molar-refractivity contribution in [3.05, 3.63) is 35.1 Å². The molecule has 1 aliphatic heterocycles. The van der Waals surface area contributed by atoms with Gasteiger partial charge in [0, 0.05) is 12.1 Å². The zero-order chi connectivity index (χ0) is 15.6. The Bertz CT molecular complexity index is 556. The number of aliphatic carboxylic acids is 1. The quantitative estimate of drug-likeness (QED) is 0.826. The fourth-order valence-corrected chi connectivity index (χ4v) is 2.03. The molecule has 0 aromatic heterocycles. The van der Waals surface area contributed by atoms with Gasteiger partial charge in [-0.05, 0) is 25.0 Å². The van der Waals surface area contributed by atoms with Crippen LogP contribution in [0.15, 0.2) is 12.1 Å². The van der Waals surface area contributed by atoms with Gasteiger partial charge in [-0.3, -0.25) is 4.79 Å². The molecule has 8 heteroatoms. The van der Waals surface area contributed by atoms with E-state index in [1.807, 2.05) is 0 Å². The van der Waals surface area contributed by atoms with Crippen molar-refractivity contribution in [1.82, 2.24) is 5.32 Å². The lowest BCUT2D eigenvalue weighted by molar-refractivity contribution is -0.149. The highest BCUT2D eigenvalue weighted by Gasteiger charge is 2.30. The van der Waals surface area contributed by atoms with Crippen molar-refractivity contribution < 1.29 is 32.6 Å². The molecule has 114 valence electrons. The van der Waals surface area contributed by atoms with Crippen LogP contribution in [0.4, 0.5) is 13.2 Å². The van der Waals surface area contributed by atoms with Gasteiger partial charge in [0.2, 0.25) is 0 Å². The smallest absolute Gasteiger partial charge is 0.332 e. The molecule has 2 N–H and O–H groups in total. The highest BCUT2D eigenvalue weighted by Crippen LogP contribution is 2.19. The van der Waals surface area contributed by atoms with E-state index in [2.05, 4.69) is 5.32 Å². The molecule has 0 spiro atoms. The van der Waals surface area contributed by atoms with Crippen LogP contribution in [-0.2, 0) is 9.53 Å². The summed E-state index contributed by atoms with van der Waals surface area (Å²) in [5.41, 5.74) is -0.362. The van der Waals surface area contributed by atoms with Gasteiger partial charge in [-0.2, -0.15) is 0 Å². The van der Waals surface area contributed by atoms with E-state index in [9.17, 15) is 22.8 Å². The number of carboxylic acids is 1. The van der Waals surface area contributed by atoms with Gasteiger partial charge in [0.15, 0.2) is 23.6 Å². The molecular weight excluding hydrogens is 291 g/mol. The molecule has 1 amide bonds. The van der Waals surface area contributed by atoms with E-state index in [-0.39, 0.29) is 12.1 Å². The topological polar surface area (TPSA) is 75.6 Å². The lowest BCUT2D eigenvalue weighted by atomic mass is 10.1. The average Bonchev–Trinajstić information content (AvgIpc) is 2.90. The van der Waals surface area contributed by atoms with Gasteiger partial charge in [-0.1, -0.05) is 0 Å². The fraction of sp³-hybridized carbons (Fsp3) is 0.385. The van der Waals surface area contributed by atoms with Crippen molar-refractivity contribution in [2.24, 2.45) is 0 Å². The Morgan fingerprint density at radius 2 is 1.86 bits per heavy atom. The van der Waals surface area contributed by atoms with E-state index in [4.69, 9.17) is 9.84 Å². The monoisotopic (exact) mass is 303 g/mol. The van der Waals surface area contributed by atoms with Crippen LogP contribution >= 0.6 is 0 Å². The summed E-state index contributed by atoms with van der Waals surface area (Å²) in [6, 6.07) is 1.17. The van der Waals surface area contributed by atoms with Gasteiger partial charge in [0.05, 0.1) is 6.10 Å². The lowest BCUT2D eigenvalue weighted by Crippen LogP contribution is -2.33. The van der Waals surface area contributed by atoms with Crippen LogP contribution in [0.1, 0.15) is 23.2 Å². The molecule has 2 rings (SSSR count). The van der Waals surface area contributed by atoms with Crippen molar-refractivity contribution >= 4 is 11.9 Å². The fourth-order valence-electron chi connectivity index (χ4n) is 2.03. The van der Waals surface area contributed by atoms with Gasteiger partial charge < -0.3 is 15.2 Å². The first-order chi connectivity index (χ1) is 9.88.